The third kappa shape index (κ3) is 3.50. The molecule has 4 nitrogen and oxygen atoms in total. The van der Waals surface area contributed by atoms with Gasteiger partial charge in [-0.15, -0.1) is 0 Å². The molecule has 0 radical (unpaired) electrons. The summed E-state index contributed by atoms with van der Waals surface area (Å²) in [5, 5.41) is 8.19. The molecule has 5 heteroatoms. The predicted octanol–water partition coefficient (Wildman–Crippen LogP) is 3.76. The molecule has 114 valence electrons. The van der Waals surface area contributed by atoms with Gasteiger partial charge in [0.15, 0.2) is 0 Å². The van der Waals surface area contributed by atoms with E-state index in [2.05, 4.69) is 0 Å². The Kier molecular flexibility index (Phi) is 5.49. The van der Waals surface area contributed by atoms with Crippen LogP contribution < -0.4 is 0 Å². The largest absolute Gasteiger partial charge is 0.524 e. The molecule has 2 unspecified atom stereocenters. The zero-order valence-corrected chi connectivity index (χ0v) is 13.0. The number of carbonyl (C=O) groups is 1. The topological polar surface area (TPSA) is 74.6 Å². The van der Waals surface area contributed by atoms with Crippen LogP contribution >= 0.6 is 8.03 Å². The maximum atomic E-state index is 12.0. The van der Waals surface area contributed by atoms with Gasteiger partial charge >= 0.3 is 14.0 Å². The highest BCUT2D eigenvalue weighted by atomic mass is 31.1. The monoisotopic (exact) mass is 309 g/mol. The summed E-state index contributed by atoms with van der Waals surface area (Å²) >= 11 is 0. The third-order valence-electron chi connectivity index (χ3n) is 4.63. The maximum absolute atomic E-state index is 12.0. The average molecular weight is 309 g/mol. The number of benzene rings is 1. The minimum atomic E-state index is -2.76. The molecule has 0 amide bonds. The molecule has 1 saturated carbocycles. The van der Waals surface area contributed by atoms with Gasteiger partial charge in [0.25, 0.3) is 5.16 Å². The summed E-state index contributed by atoms with van der Waals surface area (Å²) in [6.07, 6.45) is 5.22. The Morgan fingerprint density at radius 2 is 1.81 bits per heavy atom. The molecule has 1 aromatic rings. The van der Waals surface area contributed by atoms with E-state index in [1.165, 1.54) is 0 Å². The van der Waals surface area contributed by atoms with Crippen molar-refractivity contribution in [2.45, 2.75) is 50.1 Å². The van der Waals surface area contributed by atoms with E-state index in [-0.39, 0.29) is 12.3 Å². The zero-order valence-electron chi connectivity index (χ0n) is 12.1. The SMILES string of the molecule is O=C(O)C(CCc1ccccc1)(C1CCCCC1)[P+](=O)O. The summed E-state index contributed by atoms with van der Waals surface area (Å²) in [6.45, 7) is 0. The second-order valence-electron chi connectivity index (χ2n) is 5.82. The molecular weight excluding hydrogens is 287 g/mol. The maximum Gasteiger partial charge on any atom is 0.524 e. The van der Waals surface area contributed by atoms with Gasteiger partial charge in [0.1, 0.15) is 0 Å². The molecule has 0 saturated heterocycles. The van der Waals surface area contributed by atoms with E-state index in [4.69, 9.17) is 0 Å². The summed E-state index contributed by atoms with van der Waals surface area (Å²) in [5.74, 6) is -1.31. The Bertz CT molecular complexity index is 480. The summed E-state index contributed by atoms with van der Waals surface area (Å²) in [6, 6.07) is 9.56. The molecule has 2 N–H and O–H groups in total. The summed E-state index contributed by atoms with van der Waals surface area (Å²) < 4.78 is 12.0. The first-order valence-corrected chi connectivity index (χ1v) is 8.72. The number of aryl methyl sites for hydroxylation is 1. The number of carboxylic acids is 1. The van der Waals surface area contributed by atoms with E-state index in [1.807, 2.05) is 30.3 Å². The van der Waals surface area contributed by atoms with E-state index in [9.17, 15) is 19.4 Å². The Labute approximate surface area is 126 Å². The van der Waals surface area contributed by atoms with Gasteiger partial charge in [0.2, 0.25) is 0 Å². The van der Waals surface area contributed by atoms with E-state index in [0.29, 0.717) is 6.42 Å². The van der Waals surface area contributed by atoms with Crippen LogP contribution in [0.5, 0.6) is 0 Å². The number of aliphatic carboxylic acids is 1. The van der Waals surface area contributed by atoms with Crippen molar-refractivity contribution < 1.29 is 19.4 Å². The van der Waals surface area contributed by atoms with Crippen molar-refractivity contribution in [2.24, 2.45) is 5.92 Å². The Morgan fingerprint density at radius 3 is 2.33 bits per heavy atom. The van der Waals surface area contributed by atoms with Crippen LogP contribution in [0.25, 0.3) is 0 Å². The van der Waals surface area contributed by atoms with Crippen molar-refractivity contribution in [3.05, 3.63) is 35.9 Å². The fourth-order valence-electron chi connectivity index (χ4n) is 3.38. The van der Waals surface area contributed by atoms with Crippen LogP contribution in [-0.4, -0.2) is 21.1 Å². The number of rotatable bonds is 6. The van der Waals surface area contributed by atoms with Crippen LogP contribution in [0.15, 0.2) is 30.3 Å². The summed E-state index contributed by atoms with van der Waals surface area (Å²) in [4.78, 5) is 21.6. The van der Waals surface area contributed by atoms with Gasteiger partial charge < -0.3 is 5.11 Å². The molecule has 1 aliphatic rings. The molecule has 0 bridgehead atoms. The molecule has 21 heavy (non-hydrogen) atoms. The number of hydrogen-bond acceptors (Lipinski definition) is 2. The first kappa shape index (κ1) is 16.1. The van der Waals surface area contributed by atoms with Crippen LogP contribution in [-0.2, 0) is 15.8 Å². The highest BCUT2D eigenvalue weighted by Crippen LogP contribution is 2.50. The van der Waals surface area contributed by atoms with Crippen molar-refractivity contribution in [1.82, 2.24) is 0 Å². The molecule has 0 aliphatic heterocycles. The van der Waals surface area contributed by atoms with Gasteiger partial charge in [-0.3, -0.25) is 0 Å². The first-order valence-electron chi connectivity index (χ1n) is 7.51. The molecule has 1 aliphatic carbocycles. The summed E-state index contributed by atoms with van der Waals surface area (Å²) in [5.41, 5.74) is 1.01. The van der Waals surface area contributed by atoms with E-state index in [0.717, 1.165) is 37.7 Å². The van der Waals surface area contributed by atoms with Gasteiger partial charge in [-0.1, -0.05) is 49.6 Å². The van der Waals surface area contributed by atoms with Crippen molar-refractivity contribution in [3.8, 4) is 0 Å². The van der Waals surface area contributed by atoms with Crippen LogP contribution in [0.1, 0.15) is 44.1 Å². The molecule has 0 heterocycles. The lowest BCUT2D eigenvalue weighted by molar-refractivity contribution is -0.142. The Hall–Kier alpha value is -1.25. The standard InChI is InChI=1S/C16H21O4P/c17-15(18)16(21(19)20,14-9-5-2-6-10-14)12-11-13-7-3-1-4-8-13/h1,3-4,7-8,14H,2,5-6,9-12H2,(H-,17,18,19,20)/p+1. The lowest BCUT2D eigenvalue weighted by Crippen LogP contribution is -2.44. The normalized spacial score (nSPS) is 19.8. The predicted molar refractivity (Wildman–Crippen MR) is 81.5 cm³/mol. The minimum absolute atomic E-state index is 0.193. The van der Waals surface area contributed by atoms with Gasteiger partial charge in [-0.05, 0) is 29.4 Å². The smallest absolute Gasteiger partial charge is 0.478 e. The van der Waals surface area contributed by atoms with E-state index < -0.39 is 19.2 Å². The molecule has 0 aromatic heterocycles. The van der Waals surface area contributed by atoms with Crippen LogP contribution in [0.3, 0.4) is 0 Å². The summed E-state index contributed by atoms with van der Waals surface area (Å²) in [7, 11) is -2.76. The number of hydrogen-bond donors (Lipinski definition) is 2. The highest BCUT2D eigenvalue weighted by Gasteiger charge is 2.61. The van der Waals surface area contributed by atoms with E-state index in [1.54, 1.807) is 0 Å². The first-order chi connectivity index (χ1) is 10.1. The highest BCUT2D eigenvalue weighted by molar-refractivity contribution is 7.41. The molecular formula is C16H22O4P+. The zero-order chi connectivity index (χ0) is 15.3. The third-order valence-corrected chi connectivity index (χ3v) is 6.09. The molecule has 0 spiro atoms. The lowest BCUT2D eigenvalue weighted by atomic mass is 9.77. The molecule has 2 atom stereocenters. The average Bonchev–Trinajstić information content (AvgIpc) is 2.49. The quantitative estimate of drug-likeness (QED) is 0.785. The number of carboxylic acid groups (broad SMARTS) is 1. The fourth-order valence-corrected chi connectivity index (χ4v) is 4.42. The molecule has 1 fully saturated rings. The van der Waals surface area contributed by atoms with Gasteiger partial charge in [0, 0.05) is 12.3 Å². The second-order valence-corrected chi connectivity index (χ2v) is 7.17. The van der Waals surface area contributed by atoms with Crippen LogP contribution in [0.4, 0.5) is 0 Å². The second kappa shape index (κ2) is 7.15. The lowest BCUT2D eigenvalue weighted by Gasteiger charge is -2.30. The Balaban J connectivity index is 2.22. The van der Waals surface area contributed by atoms with E-state index >= 15 is 0 Å². The van der Waals surface area contributed by atoms with Crippen molar-refractivity contribution >= 4 is 14.0 Å². The minimum Gasteiger partial charge on any atom is -0.478 e. The van der Waals surface area contributed by atoms with Gasteiger partial charge in [-0.2, -0.15) is 4.89 Å². The van der Waals surface area contributed by atoms with Crippen molar-refractivity contribution in [1.29, 1.82) is 0 Å². The molecule has 1 aromatic carbocycles. The fraction of sp³-hybridized carbons (Fsp3) is 0.562. The van der Waals surface area contributed by atoms with Crippen LogP contribution in [0, 0.1) is 5.92 Å². The van der Waals surface area contributed by atoms with Gasteiger partial charge in [0.05, 0.1) is 0 Å². The molecule has 2 rings (SSSR count). The van der Waals surface area contributed by atoms with Crippen molar-refractivity contribution in [2.75, 3.05) is 0 Å². The Morgan fingerprint density at radius 1 is 1.19 bits per heavy atom. The van der Waals surface area contributed by atoms with Gasteiger partial charge in [-0.25, -0.2) is 4.79 Å². The van der Waals surface area contributed by atoms with Crippen molar-refractivity contribution in [3.63, 3.8) is 0 Å². The van der Waals surface area contributed by atoms with Crippen LogP contribution in [0.2, 0.25) is 0 Å².